The van der Waals surface area contributed by atoms with Crippen LogP contribution in [0.3, 0.4) is 0 Å². The second kappa shape index (κ2) is 8.38. The minimum absolute atomic E-state index is 0.0643. The maximum absolute atomic E-state index is 14.4. The minimum atomic E-state index is -2.19. The Morgan fingerprint density at radius 2 is 1.17 bits per heavy atom. The Balaban J connectivity index is 1.97. The van der Waals surface area contributed by atoms with Crippen molar-refractivity contribution in [1.82, 2.24) is 15.0 Å². The number of benzene rings is 1. The highest BCUT2D eigenvalue weighted by Crippen LogP contribution is 2.57. The van der Waals surface area contributed by atoms with Gasteiger partial charge in [0, 0.05) is 37.2 Å². The van der Waals surface area contributed by atoms with E-state index in [0.717, 1.165) is 21.5 Å². The lowest BCUT2D eigenvalue weighted by molar-refractivity contribution is 0.112. The normalized spacial score (nSPS) is 11.2. The van der Waals surface area contributed by atoms with Crippen molar-refractivity contribution in [2.24, 2.45) is 0 Å². The number of aldehydes is 1. The van der Waals surface area contributed by atoms with Crippen LogP contribution in [0.1, 0.15) is 15.9 Å². The van der Waals surface area contributed by atoms with E-state index in [1.54, 1.807) is 37.2 Å². The molecule has 0 saturated carbocycles. The zero-order valence-corrected chi connectivity index (χ0v) is 16.4. The zero-order chi connectivity index (χ0) is 20.1. The number of halogens is 1. The van der Waals surface area contributed by atoms with Gasteiger partial charge in [0.1, 0.15) is 29.0 Å². The molecule has 0 fully saturated rings. The van der Waals surface area contributed by atoms with Gasteiger partial charge in [0.2, 0.25) is 0 Å². The molecule has 0 amide bonds. The van der Waals surface area contributed by atoms with Crippen molar-refractivity contribution in [3.05, 3.63) is 109 Å². The lowest BCUT2D eigenvalue weighted by Gasteiger charge is -2.27. The SMILES string of the molecule is O=Cc1ccc(C[P+](c2ccncc2)(c2ccncc2)c2ccncc2)cc1[18F]. The fourth-order valence-electron chi connectivity index (χ4n) is 3.56. The second-order valence-electron chi connectivity index (χ2n) is 6.56. The maximum atomic E-state index is 14.4. The first kappa shape index (κ1) is 19.0. The van der Waals surface area contributed by atoms with Crippen molar-refractivity contribution in [3.63, 3.8) is 0 Å². The van der Waals surface area contributed by atoms with Crippen molar-refractivity contribution in [3.8, 4) is 0 Å². The first-order valence-electron chi connectivity index (χ1n) is 9.07. The molecule has 3 aromatic heterocycles. The third-order valence-electron chi connectivity index (χ3n) is 4.92. The molecule has 29 heavy (non-hydrogen) atoms. The Morgan fingerprint density at radius 1 is 0.724 bits per heavy atom. The van der Waals surface area contributed by atoms with Crippen LogP contribution in [0.5, 0.6) is 0 Å². The van der Waals surface area contributed by atoms with Gasteiger partial charge in [-0.05, 0) is 54.1 Å². The second-order valence-corrected chi connectivity index (χ2v) is 10.0. The highest BCUT2D eigenvalue weighted by Gasteiger charge is 2.45. The van der Waals surface area contributed by atoms with E-state index >= 15 is 0 Å². The molecule has 142 valence electrons. The van der Waals surface area contributed by atoms with E-state index in [1.165, 1.54) is 12.1 Å². The molecule has 0 atom stereocenters. The molecule has 0 saturated heterocycles. The van der Waals surface area contributed by atoms with Crippen LogP contribution < -0.4 is 15.9 Å². The molecule has 6 heteroatoms. The highest BCUT2D eigenvalue weighted by molar-refractivity contribution is 7.95. The molecule has 4 aromatic rings. The van der Waals surface area contributed by atoms with Crippen LogP contribution >= 0.6 is 7.26 Å². The summed E-state index contributed by atoms with van der Waals surface area (Å²) in [4.78, 5) is 23.6. The molecule has 0 spiro atoms. The van der Waals surface area contributed by atoms with Crippen LogP contribution in [0.25, 0.3) is 0 Å². The molecule has 0 aliphatic rings. The van der Waals surface area contributed by atoms with E-state index in [1.807, 2.05) is 42.5 Å². The monoisotopic (exact) mass is 401 g/mol. The van der Waals surface area contributed by atoms with Crippen molar-refractivity contribution in [2.75, 3.05) is 0 Å². The van der Waals surface area contributed by atoms with E-state index < -0.39 is 13.1 Å². The van der Waals surface area contributed by atoms with Crippen molar-refractivity contribution in [2.45, 2.75) is 6.16 Å². The van der Waals surface area contributed by atoms with Crippen LogP contribution in [0.15, 0.2) is 91.8 Å². The van der Waals surface area contributed by atoms with Crippen molar-refractivity contribution < 1.29 is 9.18 Å². The van der Waals surface area contributed by atoms with Gasteiger partial charge in [-0.3, -0.25) is 19.7 Å². The van der Waals surface area contributed by atoms with Crippen molar-refractivity contribution >= 4 is 29.5 Å². The molecule has 4 rings (SSSR count). The summed E-state index contributed by atoms with van der Waals surface area (Å²) in [5, 5.41) is 3.39. The third kappa shape index (κ3) is 3.69. The molecule has 0 N–H and O–H groups in total. The number of rotatable bonds is 6. The molecule has 3 heterocycles. The molecule has 0 unspecified atom stereocenters. The van der Waals surface area contributed by atoms with E-state index in [0.29, 0.717) is 12.4 Å². The average Bonchev–Trinajstić information content (AvgIpc) is 2.79. The van der Waals surface area contributed by atoms with E-state index in [-0.39, 0.29) is 5.56 Å². The number of hydrogen-bond acceptors (Lipinski definition) is 4. The quantitative estimate of drug-likeness (QED) is 0.367. The van der Waals surface area contributed by atoms with Crippen molar-refractivity contribution in [1.29, 1.82) is 0 Å². The van der Waals surface area contributed by atoms with Gasteiger partial charge in [0.05, 0.1) is 11.7 Å². The largest absolute Gasteiger partial charge is 0.298 e. The Kier molecular flexibility index (Phi) is 5.50. The van der Waals surface area contributed by atoms with Gasteiger partial charge in [-0.15, -0.1) is 0 Å². The molecule has 0 aliphatic carbocycles. The van der Waals surface area contributed by atoms with Gasteiger partial charge < -0.3 is 0 Å². The summed E-state index contributed by atoms with van der Waals surface area (Å²) in [6, 6.07) is 16.9. The predicted octanol–water partition coefficient (Wildman–Crippen LogP) is 3.32. The number of pyridine rings is 3. The van der Waals surface area contributed by atoms with Gasteiger partial charge in [-0.2, -0.15) is 0 Å². The van der Waals surface area contributed by atoms with E-state index in [2.05, 4.69) is 15.0 Å². The van der Waals surface area contributed by atoms with Gasteiger partial charge >= 0.3 is 0 Å². The Bertz CT molecular complexity index is 1010. The topological polar surface area (TPSA) is 55.7 Å². The number of hydrogen-bond donors (Lipinski definition) is 0. The fraction of sp³-hybridized carbons (Fsp3) is 0.0435. The number of nitrogens with zero attached hydrogens (tertiary/aromatic N) is 3. The summed E-state index contributed by atoms with van der Waals surface area (Å²) in [6.07, 6.45) is 11.8. The summed E-state index contributed by atoms with van der Waals surface area (Å²) in [5.41, 5.74) is 0.890. The average molecular weight is 401 g/mol. The lowest BCUT2D eigenvalue weighted by atomic mass is 10.1. The summed E-state index contributed by atoms with van der Waals surface area (Å²) in [6.45, 7) is 0. The van der Waals surface area contributed by atoms with Crippen LogP contribution in [0.2, 0.25) is 0 Å². The summed E-state index contributed by atoms with van der Waals surface area (Å²) in [7, 11) is -2.19. The minimum Gasteiger partial charge on any atom is -0.298 e. The van der Waals surface area contributed by atoms with Crippen LogP contribution in [0.4, 0.5) is 4.39 Å². The Labute approximate surface area is 168 Å². The number of carbonyl (C=O) groups excluding carboxylic acids is 1. The van der Waals surface area contributed by atoms with Crippen LogP contribution in [0, 0.1) is 5.82 Å². The first-order valence-corrected chi connectivity index (χ1v) is 11.0. The summed E-state index contributed by atoms with van der Waals surface area (Å²) in [5.74, 6) is -0.505. The van der Waals surface area contributed by atoms with Gasteiger partial charge in [0.25, 0.3) is 0 Å². The molecule has 1 aromatic carbocycles. The van der Waals surface area contributed by atoms with E-state index in [4.69, 9.17) is 0 Å². The summed E-state index contributed by atoms with van der Waals surface area (Å²) >= 11 is 0. The third-order valence-corrected chi connectivity index (χ3v) is 9.30. The van der Waals surface area contributed by atoms with Crippen LogP contribution in [-0.4, -0.2) is 21.2 Å². The lowest BCUT2D eigenvalue weighted by Crippen LogP contribution is -2.32. The smallest absolute Gasteiger partial charge is 0.152 e. The maximum Gasteiger partial charge on any atom is 0.152 e. The molecular weight excluding hydrogens is 383 g/mol. The molecule has 0 radical (unpaired) electrons. The number of aromatic nitrogens is 3. The molecule has 0 bridgehead atoms. The van der Waals surface area contributed by atoms with Gasteiger partial charge in [-0.1, -0.05) is 6.07 Å². The Morgan fingerprint density at radius 3 is 1.55 bits per heavy atom. The van der Waals surface area contributed by atoms with E-state index in [9.17, 15) is 9.18 Å². The summed E-state index contributed by atoms with van der Waals surface area (Å²) < 4.78 is 14.4. The molecular formula is C23H18FN3OP+. The number of carbonyl (C=O) groups is 1. The zero-order valence-electron chi connectivity index (χ0n) is 15.5. The predicted molar refractivity (Wildman–Crippen MR) is 114 cm³/mol. The first-order chi connectivity index (χ1) is 14.2. The molecule has 0 aliphatic heterocycles. The van der Waals surface area contributed by atoms with Gasteiger partial charge in [0.15, 0.2) is 6.29 Å². The van der Waals surface area contributed by atoms with Gasteiger partial charge in [-0.25, -0.2) is 4.39 Å². The molecule has 4 nitrogen and oxygen atoms in total. The Hall–Kier alpha value is -3.30. The highest BCUT2D eigenvalue weighted by atomic mass is 31.2. The standard InChI is InChI=1S/C23H18FN3OP/c24-23-15-18(1-2-19(23)16-28)17-29(20-3-9-25-10-4-20,21-5-11-26-12-6-21)22-7-13-27-14-8-22/h1-16H,17H2/q+1/i24-1. The fourth-order valence-corrected chi connectivity index (χ4v) is 7.67. The van der Waals surface area contributed by atoms with Crippen LogP contribution in [-0.2, 0) is 6.16 Å².